The highest BCUT2D eigenvalue weighted by atomic mass is 16.7. The number of fused-ring (bicyclic) bond motifs is 9. The van der Waals surface area contributed by atoms with Crippen molar-refractivity contribution in [3.63, 3.8) is 0 Å². The molecule has 36 heavy (non-hydrogen) atoms. The van der Waals surface area contributed by atoms with Crippen molar-refractivity contribution in [2.75, 3.05) is 7.11 Å². The standard InChI is InChI=1S/C25H36O3.C6H12O2/c1-12(27-24-18-5-13-4-14(7-18)8-19(24)6-13)28-25(26)21-11-17-10-20(21)23-16-3-2-15(9-16)22(17)23;1-4-5(2)6(7)8-3/h12-24H,2-11H2,1H3;5H,4H2,1-3H3. The Kier molecular flexibility index (Phi) is 6.92. The average Bonchev–Trinajstić information content (AvgIpc) is 3.65. The minimum Gasteiger partial charge on any atom is -0.469 e. The molecule has 0 aliphatic heterocycles. The molecule has 8 bridgehead atoms. The largest absolute Gasteiger partial charge is 0.469 e. The fraction of sp³-hybridized carbons (Fsp3) is 0.935. The molecule has 8 aliphatic rings. The van der Waals surface area contributed by atoms with E-state index >= 15 is 0 Å². The van der Waals surface area contributed by atoms with Gasteiger partial charge in [-0.15, -0.1) is 0 Å². The molecular weight excluding hydrogens is 452 g/mol. The zero-order valence-corrected chi connectivity index (χ0v) is 22.9. The second-order valence-corrected chi connectivity index (χ2v) is 13.9. The van der Waals surface area contributed by atoms with Gasteiger partial charge in [0.15, 0.2) is 6.29 Å². The number of esters is 2. The predicted molar refractivity (Wildman–Crippen MR) is 136 cm³/mol. The predicted octanol–water partition coefficient (Wildman–Crippen LogP) is 6.24. The molecule has 5 heteroatoms. The topological polar surface area (TPSA) is 61.8 Å². The molecule has 8 rings (SSSR count). The maximum absolute atomic E-state index is 13.1. The summed E-state index contributed by atoms with van der Waals surface area (Å²) >= 11 is 0. The molecule has 8 saturated carbocycles. The van der Waals surface area contributed by atoms with Gasteiger partial charge in [-0.2, -0.15) is 0 Å². The van der Waals surface area contributed by atoms with E-state index in [1.807, 2.05) is 20.8 Å². The van der Waals surface area contributed by atoms with E-state index in [0.717, 1.165) is 66.1 Å². The number of carbonyl (C=O) groups excluding carboxylic acids is 2. The summed E-state index contributed by atoms with van der Waals surface area (Å²) in [5, 5.41) is 0. The number of carbonyl (C=O) groups is 2. The lowest BCUT2D eigenvalue weighted by Gasteiger charge is -2.54. The normalized spacial score (nSPS) is 48.2. The van der Waals surface area contributed by atoms with Crippen LogP contribution in [0.1, 0.15) is 91.4 Å². The van der Waals surface area contributed by atoms with E-state index in [1.165, 1.54) is 64.9 Å². The first kappa shape index (κ1) is 25.2. The summed E-state index contributed by atoms with van der Waals surface area (Å²) in [5.74, 6) is 8.79. The Hall–Kier alpha value is -1.10. The molecule has 5 nitrogen and oxygen atoms in total. The first-order valence-corrected chi connectivity index (χ1v) is 15.3. The van der Waals surface area contributed by atoms with Gasteiger partial charge in [0.25, 0.3) is 0 Å². The van der Waals surface area contributed by atoms with Gasteiger partial charge in [-0.05, 0) is 137 Å². The van der Waals surface area contributed by atoms with Crippen molar-refractivity contribution in [1.29, 1.82) is 0 Å². The van der Waals surface area contributed by atoms with Crippen molar-refractivity contribution in [1.82, 2.24) is 0 Å². The van der Waals surface area contributed by atoms with Crippen molar-refractivity contribution in [2.45, 2.75) is 104 Å². The van der Waals surface area contributed by atoms with E-state index in [9.17, 15) is 9.59 Å². The quantitative estimate of drug-likeness (QED) is 0.245. The van der Waals surface area contributed by atoms with Gasteiger partial charge in [0.2, 0.25) is 0 Å². The summed E-state index contributed by atoms with van der Waals surface area (Å²) in [4.78, 5) is 23.6. The van der Waals surface area contributed by atoms with Crippen molar-refractivity contribution in [2.24, 2.45) is 71.0 Å². The van der Waals surface area contributed by atoms with E-state index < -0.39 is 0 Å². The summed E-state index contributed by atoms with van der Waals surface area (Å²) in [5.41, 5.74) is 0. The van der Waals surface area contributed by atoms with Crippen LogP contribution in [0.2, 0.25) is 0 Å². The zero-order chi connectivity index (χ0) is 25.1. The Balaban J connectivity index is 0.000000264. The number of ether oxygens (including phenoxy) is 3. The van der Waals surface area contributed by atoms with E-state index in [4.69, 9.17) is 9.47 Å². The minimum absolute atomic E-state index is 0.0556. The molecule has 0 N–H and O–H groups in total. The van der Waals surface area contributed by atoms with Gasteiger partial charge in [0.1, 0.15) is 0 Å². The molecule has 0 heterocycles. The number of hydrogen-bond donors (Lipinski definition) is 0. The molecule has 0 amide bonds. The van der Waals surface area contributed by atoms with Gasteiger partial charge in [-0.3, -0.25) is 9.59 Å². The first-order chi connectivity index (χ1) is 17.4. The van der Waals surface area contributed by atoms with Crippen molar-refractivity contribution in [3.8, 4) is 0 Å². The Bertz CT molecular complexity index is 811. The SMILES string of the molecule is CC(OC(=O)C1CC2CC1C1C3CCC(C3)C21)OC1C2CC3CC(C2)CC1C3.CCC(C)C(=O)OC. The van der Waals surface area contributed by atoms with E-state index in [2.05, 4.69) is 4.74 Å². The third kappa shape index (κ3) is 4.33. The van der Waals surface area contributed by atoms with Crippen LogP contribution in [0.15, 0.2) is 0 Å². The summed E-state index contributed by atoms with van der Waals surface area (Å²) < 4.78 is 16.9. The van der Waals surface area contributed by atoms with Crippen LogP contribution < -0.4 is 0 Å². The highest BCUT2D eigenvalue weighted by molar-refractivity contribution is 5.73. The molecule has 8 fully saturated rings. The monoisotopic (exact) mass is 500 g/mol. The minimum atomic E-state index is -0.357. The molecule has 9 unspecified atom stereocenters. The van der Waals surface area contributed by atoms with Gasteiger partial charge in [0.05, 0.1) is 25.0 Å². The maximum atomic E-state index is 13.1. The summed E-state index contributed by atoms with van der Waals surface area (Å²) in [7, 11) is 1.41. The molecule has 9 atom stereocenters. The molecule has 8 aliphatic carbocycles. The van der Waals surface area contributed by atoms with Crippen molar-refractivity contribution < 1.29 is 23.8 Å². The fourth-order valence-electron chi connectivity index (χ4n) is 10.8. The zero-order valence-electron chi connectivity index (χ0n) is 22.9. The van der Waals surface area contributed by atoms with Crippen LogP contribution in [0.3, 0.4) is 0 Å². The van der Waals surface area contributed by atoms with Gasteiger partial charge in [-0.25, -0.2) is 0 Å². The first-order valence-electron chi connectivity index (χ1n) is 15.3. The van der Waals surface area contributed by atoms with Gasteiger partial charge in [-0.1, -0.05) is 13.8 Å². The van der Waals surface area contributed by atoms with E-state index in [1.54, 1.807) is 0 Å². The Labute approximate surface area is 217 Å². The van der Waals surface area contributed by atoms with Gasteiger partial charge < -0.3 is 14.2 Å². The molecule has 0 aromatic rings. The van der Waals surface area contributed by atoms with E-state index in [0.29, 0.717) is 12.0 Å². The highest BCUT2D eigenvalue weighted by Crippen LogP contribution is 2.69. The lowest BCUT2D eigenvalue weighted by molar-refractivity contribution is -0.223. The Morgan fingerprint density at radius 1 is 0.778 bits per heavy atom. The second kappa shape index (κ2) is 9.89. The summed E-state index contributed by atoms with van der Waals surface area (Å²) in [6.07, 6.45) is 14.5. The average molecular weight is 501 g/mol. The summed E-state index contributed by atoms with van der Waals surface area (Å²) in [6.45, 7) is 5.80. The van der Waals surface area contributed by atoms with Crippen LogP contribution >= 0.6 is 0 Å². The lowest BCUT2D eigenvalue weighted by atomic mass is 9.55. The van der Waals surface area contributed by atoms with Crippen LogP contribution in [-0.4, -0.2) is 31.4 Å². The number of hydrogen-bond acceptors (Lipinski definition) is 5. The summed E-state index contributed by atoms with van der Waals surface area (Å²) in [6, 6.07) is 0. The second-order valence-electron chi connectivity index (χ2n) is 13.9. The third-order valence-corrected chi connectivity index (χ3v) is 12.0. The van der Waals surface area contributed by atoms with Crippen LogP contribution in [0, 0.1) is 71.0 Å². The molecular formula is C31H48O5. The molecule has 0 spiro atoms. The highest BCUT2D eigenvalue weighted by Gasteiger charge is 2.63. The molecule has 0 saturated heterocycles. The molecule has 0 radical (unpaired) electrons. The van der Waals surface area contributed by atoms with Gasteiger partial charge >= 0.3 is 11.9 Å². The molecule has 202 valence electrons. The number of rotatable bonds is 6. The van der Waals surface area contributed by atoms with Crippen LogP contribution in [-0.2, 0) is 23.8 Å². The van der Waals surface area contributed by atoms with Crippen molar-refractivity contribution in [3.05, 3.63) is 0 Å². The molecule has 0 aromatic heterocycles. The number of methoxy groups -OCH3 is 1. The smallest absolute Gasteiger partial charge is 0.311 e. The Morgan fingerprint density at radius 3 is 2.00 bits per heavy atom. The van der Waals surface area contributed by atoms with Crippen LogP contribution in [0.5, 0.6) is 0 Å². The lowest BCUT2D eigenvalue weighted by Crippen LogP contribution is -2.50. The maximum Gasteiger partial charge on any atom is 0.311 e. The molecule has 0 aromatic carbocycles. The Morgan fingerprint density at radius 2 is 1.42 bits per heavy atom. The third-order valence-electron chi connectivity index (χ3n) is 12.0. The van der Waals surface area contributed by atoms with Gasteiger partial charge in [0, 0.05) is 0 Å². The van der Waals surface area contributed by atoms with Crippen molar-refractivity contribution >= 4 is 11.9 Å². The fourth-order valence-corrected chi connectivity index (χ4v) is 10.8. The van der Waals surface area contributed by atoms with Crippen LogP contribution in [0.25, 0.3) is 0 Å². The van der Waals surface area contributed by atoms with E-state index in [-0.39, 0.29) is 30.1 Å². The van der Waals surface area contributed by atoms with Crippen LogP contribution in [0.4, 0.5) is 0 Å².